The fourth-order valence-corrected chi connectivity index (χ4v) is 5.81. The molecule has 1 aliphatic heterocycles. The zero-order valence-electron chi connectivity index (χ0n) is 19.1. The molecule has 1 saturated heterocycles. The monoisotopic (exact) mass is 517 g/mol. The van der Waals surface area contributed by atoms with E-state index < -0.39 is 17.7 Å². The predicted molar refractivity (Wildman–Crippen MR) is 138 cm³/mol. The molecule has 1 unspecified atom stereocenters. The second kappa shape index (κ2) is 10.0. The summed E-state index contributed by atoms with van der Waals surface area (Å²) in [4.78, 5) is 27.7. The van der Waals surface area contributed by atoms with Crippen LogP contribution in [0.3, 0.4) is 0 Å². The highest BCUT2D eigenvalue weighted by atomic mass is 32.2. The van der Waals surface area contributed by atoms with Crippen molar-refractivity contribution in [1.29, 1.82) is 0 Å². The summed E-state index contributed by atoms with van der Waals surface area (Å²) in [6.45, 7) is 1.94. The number of anilines is 1. The van der Waals surface area contributed by atoms with Gasteiger partial charge in [-0.05, 0) is 24.1 Å². The molecule has 4 aromatic rings. The normalized spacial score (nSPS) is 17.1. The van der Waals surface area contributed by atoms with E-state index in [0.717, 1.165) is 16.9 Å². The van der Waals surface area contributed by atoms with Crippen molar-refractivity contribution < 1.29 is 19.1 Å². The molecule has 1 atom stereocenters. The largest absolute Gasteiger partial charge is 0.507 e. The van der Waals surface area contributed by atoms with Gasteiger partial charge in [0.25, 0.3) is 5.78 Å². The molecular weight excluding hydrogens is 497 g/mol. The third-order valence-electron chi connectivity index (χ3n) is 5.80. The van der Waals surface area contributed by atoms with E-state index in [4.69, 9.17) is 0 Å². The first-order valence-corrected chi connectivity index (χ1v) is 12.9. The van der Waals surface area contributed by atoms with E-state index in [2.05, 4.69) is 10.2 Å². The molecule has 1 aromatic heterocycles. The first-order chi connectivity index (χ1) is 17.4. The maximum Gasteiger partial charge on any atom is 0.301 e. The lowest BCUT2D eigenvalue weighted by atomic mass is 9.95. The Labute approximate surface area is 215 Å². The van der Waals surface area contributed by atoms with E-state index in [-0.39, 0.29) is 22.3 Å². The number of halogens is 1. The molecular formula is C27H20FN3O3S2. The molecule has 0 saturated carbocycles. The Bertz CT molecular complexity index is 1470. The summed E-state index contributed by atoms with van der Waals surface area (Å²) >= 11 is 2.43. The van der Waals surface area contributed by atoms with Gasteiger partial charge in [0.05, 0.1) is 11.6 Å². The smallest absolute Gasteiger partial charge is 0.301 e. The Morgan fingerprint density at radius 2 is 1.69 bits per heavy atom. The van der Waals surface area contributed by atoms with Gasteiger partial charge in [-0.25, -0.2) is 4.39 Å². The van der Waals surface area contributed by atoms with Crippen molar-refractivity contribution in [3.8, 4) is 0 Å². The molecule has 180 valence electrons. The van der Waals surface area contributed by atoms with Gasteiger partial charge < -0.3 is 5.11 Å². The fraction of sp³-hybridized carbons (Fsp3) is 0.111. The van der Waals surface area contributed by atoms with Gasteiger partial charge in [-0.2, -0.15) is 0 Å². The maximum absolute atomic E-state index is 14.0. The predicted octanol–water partition coefficient (Wildman–Crippen LogP) is 5.90. The topological polar surface area (TPSA) is 83.4 Å². The summed E-state index contributed by atoms with van der Waals surface area (Å²) in [5.74, 6) is -1.80. The SMILES string of the molecule is Cc1ccc(C2/C(=C(/O)c3ccccc3)C(=O)C(=O)N2c2nnc(SCc3ccccc3F)s2)cc1. The Kier molecular flexibility index (Phi) is 6.67. The maximum atomic E-state index is 14.0. The summed E-state index contributed by atoms with van der Waals surface area (Å²) in [5.41, 5.74) is 2.63. The first kappa shape index (κ1) is 23.9. The number of carbonyl (C=O) groups is 2. The molecule has 6 nitrogen and oxygen atoms in total. The van der Waals surface area contributed by atoms with Crippen LogP contribution in [0.1, 0.15) is 28.3 Å². The number of ketones is 1. The van der Waals surface area contributed by atoms with E-state index >= 15 is 0 Å². The van der Waals surface area contributed by atoms with Crippen molar-refractivity contribution in [3.63, 3.8) is 0 Å². The number of aryl methyl sites for hydroxylation is 1. The molecule has 1 amide bonds. The van der Waals surface area contributed by atoms with Gasteiger partial charge in [-0.1, -0.05) is 101 Å². The molecule has 3 aromatic carbocycles. The number of aliphatic hydroxyl groups is 1. The Morgan fingerprint density at radius 1 is 1.00 bits per heavy atom. The second-order valence-electron chi connectivity index (χ2n) is 8.18. The van der Waals surface area contributed by atoms with Crippen molar-refractivity contribution in [2.24, 2.45) is 0 Å². The molecule has 36 heavy (non-hydrogen) atoms. The minimum absolute atomic E-state index is 0.00851. The third-order valence-corrected chi connectivity index (χ3v) is 7.90. The summed E-state index contributed by atoms with van der Waals surface area (Å²) < 4.78 is 14.5. The number of benzene rings is 3. The number of amides is 1. The molecule has 1 fully saturated rings. The number of aliphatic hydroxyl groups excluding tert-OH is 1. The van der Waals surface area contributed by atoms with Crippen LogP contribution in [0.15, 0.2) is 88.8 Å². The molecule has 0 radical (unpaired) electrons. The van der Waals surface area contributed by atoms with Crippen molar-refractivity contribution in [2.45, 2.75) is 23.1 Å². The lowest BCUT2D eigenvalue weighted by Crippen LogP contribution is -2.29. The average molecular weight is 518 g/mol. The van der Waals surface area contributed by atoms with Crippen molar-refractivity contribution in [2.75, 3.05) is 4.90 Å². The quantitative estimate of drug-likeness (QED) is 0.113. The molecule has 5 rings (SSSR count). The number of carbonyl (C=O) groups excluding carboxylic acids is 2. The van der Waals surface area contributed by atoms with Gasteiger partial charge in [-0.15, -0.1) is 10.2 Å². The van der Waals surface area contributed by atoms with Crippen LogP contribution in [0.4, 0.5) is 9.52 Å². The summed E-state index contributed by atoms with van der Waals surface area (Å²) in [7, 11) is 0. The summed E-state index contributed by atoms with van der Waals surface area (Å²) in [6, 6.07) is 21.7. The van der Waals surface area contributed by atoms with Crippen LogP contribution in [-0.2, 0) is 15.3 Å². The molecule has 2 heterocycles. The van der Waals surface area contributed by atoms with Crippen LogP contribution in [0.25, 0.3) is 5.76 Å². The number of Topliss-reactive ketones (excluding diaryl/α,β-unsaturated/α-hetero) is 1. The van der Waals surface area contributed by atoms with Crippen molar-refractivity contribution >= 4 is 45.7 Å². The number of hydrogen-bond acceptors (Lipinski definition) is 7. The van der Waals surface area contributed by atoms with E-state index in [0.29, 0.717) is 26.8 Å². The third kappa shape index (κ3) is 4.55. The highest BCUT2D eigenvalue weighted by molar-refractivity contribution is 8.00. The van der Waals surface area contributed by atoms with Gasteiger partial charge in [-0.3, -0.25) is 14.5 Å². The highest BCUT2D eigenvalue weighted by Crippen LogP contribution is 2.44. The summed E-state index contributed by atoms with van der Waals surface area (Å²) in [5, 5.41) is 19.7. The minimum Gasteiger partial charge on any atom is -0.507 e. The van der Waals surface area contributed by atoms with Gasteiger partial charge in [0.15, 0.2) is 4.34 Å². The molecule has 1 aliphatic rings. The lowest BCUT2D eigenvalue weighted by molar-refractivity contribution is -0.132. The van der Waals surface area contributed by atoms with Crippen LogP contribution in [0.5, 0.6) is 0 Å². The zero-order valence-corrected chi connectivity index (χ0v) is 20.7. The molecule has 9 heteroatoms. The number of nitrogens with zero attached hydrogens (tertiary/aromatic N) is 3. The number of thioether (sulfide) groups is 1. The van der Waals surface area contributed by atoms with Crippen LogP contribution in [0, 0.1) is 12.7 Å². The van der Waals surface area contributed by atoms with Gasteiger partial charge in [0.2, 0.25) is 5.13 Å². The number of hydrogen-bond donors (Lipinski definition) is 1. The van der Waals surface area contributed by atoms with Crippen LogP contribution >= 0.6 is 23.1 Å². The fourth-order valence-electron chi connectivity index (χ4n) is 3.96. The van der Waals surface area contributed by atoms with Crippen LogP contribution in [0.2, 0.25) is 0 Å². The molecule has 0 bridgehead atoms. The van der Waals surface area contributed by atoms with Crippen molar-refractivity contribution in [1.82, 2.24) is 10.2 Å². The van der Waals surface area contributed by atoms with E-state index in [1.807, 2.05) is 31.2 Å². The Morgan fingerprint density at radius 3 is 2.42 bits per heavy atom. The Balaban J connectivity index is 1.54. The van der Waals surface area contributed by atoms with E-state index in [1.54, 1.807) is 48.5 Å². The molecule has 0 spiro atoms. The molecule has 0 aliphatic carbocycles. The second-order valence-corrected chi connectivity index (χ2v) is 10.4. The van der Waals surface area contributed by atoms with E-state index in [1.165, 1.54) is 22.7 Å². The highest BCUT2D eigenvalue weighted by Gasteiger charge is 2.48. The average Bonchev–Trinajstić information content (AvgIpc) is 3.46. The molecule has 1 N–H and O–H groups in total. The standard InChI is InChI=1S/C27H20FN3O3S2/c1-16-11-13-17(14-12-16)22-21(23(32)18-7-3-2-4-8-18)24(33)25(34)31(22)26-29-30-27(36-26)35-15-19-9-5-6-10-20(19)28/h2-14,22,32H,15H2,1H3/b23-21-. The zero-order chi connectivity index (χ0) is 25.2. The van der Waals surface area contributed by atoms with Crippen LogP contribution < -0.4 is 4.90 Å². The summed E-state index contributed by atoms with van der Waals surface area (Å²) in [6.07, 6.45) is 0. The number of aromatic nitrogens is 2. The minimum atomic E-state index is -0.872. The van der Waals surface area contributed by atoms with Crippen molar-refractivity contribution in [3.05, 3.63) is 113 Å². The Hall–Kier alpha value is -3.82. The lowest BCUT2D eigenvalue weighted by Gasteiger charge is -2.22. The number of rotatable bonds is 6. The van der Waals surface area contributed by atoms with E-state index in [9.17, 15) is 19.1 Å². The van der Waals surface area contributed by atoms with Crippen LogP contribution in [-0.4, -0.2) is 27.0 Å². The van der Waals surface area contributed by atoms with Gasteiger partial charge in [0.1, 0.15) is 11.6 Å². The van der Waals surface area contributed by atoms with Gasteiger partial charge >= 0.3 is 5.91 Å². The van der Waals surface area contributed by atoms with Gasteiger partial charge in [0, 0.05) is 11.3 Å². The first-order valence-electron chi connectivity index (χ1n) is 11.1.